The molecule has 2 N–H and O–H groups in total. The predicted molar refractivity (Wildman–Crippen MR) is 117 cm³/mol. The van der Waals surface area contributed by atoms with Crippen molar-refractivity contribution in [2.24, 2.45) is 5.10 Å². The Morgan fingerprint density at radius 2 is 1.96 bits per heavy atom. The summed E-state index contributed by atoms with van der Waals surface area (Å²) in [5.41, 5.74) is 3.67. The van der Waals surface area contributed by atoms with Crippen molar-refractivity contribution >= 4 is 46.3 Å². The summed E-state index contributed by atoms with van der Waals surface area (Å²) in [5.74, 6) is 0.224. The van der Waals surface area contributed by atoms with E-state index in [2.05, 4.69) is 45.0 Å². The average Bonchev–Trinajstić information content (AvgIpc) is 2.67. The summed E-state index contributed by atoms with van der Waals surface area (Å²) < 4.78 is 11.8. The number of hydrogen-bond acceptors (Lipinski definition) is 5. The average molecular weight is 493 g/mol. The first-order valence-electron chi connectivity index (χ1n) is 8.31. The zero-order chi connectivity index (χ0) is 20.4. The summed E-state index contributed by atoms with van der Waals surface area (Å²) in [6, 6.07) is 12.5. The third kappa shape index (κ3) is 6.69. The van der Waals surface area contributed by atoms with Gasteiger partial charge >= 0.3 is 0 Å². The van der Waals surface area contributed by atoms with Gasteiger partial charge in [-0.25, -0.2) is 5.43 Å². The minimum absolute atomic E-state index is 0.332. The van der Waals surface area contributed by atoms with Crippen LogP contribution < -0.4 is 20.2 Å². The Labute approximate surface area is 176 Å². The quantitative estimate of drug-likeness (QED) is 0.185. The van der Waals surface area contributed by atoms with Crippen molar-refractivity contribution in [1.29, 1.82) is 0 Å². The van der Waals surface area contributed by atoms with E-state index >= 15 is 0 Å². The van der Waals surface area contributed by atoms with Gasteiger partial charge in [-0.05, 0) is 52.4 Å². The lowest BCUT2D eigenvalue weighted by atomic mass is 10.2. The third-order valence-corrected chi connectivity index (χ3v) is 4.18. The molecule has 0 aromatic heterocycles. The van der Waals surface area contributed by atoms with Crippen molar-refractivity contribution in [1.82, 2.24) is 5.43 Å². The lowest BCUT2D eigenvalue weighted by Gasteiger charge is -2.12. The van der Waals surface area contributed by atoms with Crippen molar-refractivity contribution in [2.75, 3.05) is 19.0 Å². The number of carbonyl (C=O) groups is 2. The molecule has 2 aromatic carbocycles. The summed E-state index contributed by atoms with van der Waals surface area (Å²) in [7, 11) is 1.54. The fourth-order valence-electron chi connectivity index (χ4n) is 2.19. The van der Waals surface area contributed by atoms with Crippen LogP contribution in [0, 0.1) is 3.57 Å². The Hall–Kier alpha value is -2.88. The zero-order valence-electron chi connectivity index (χ0n) is 15.3. The fourth-order valence-corrected chi connectivity index (χ4v) is 2.97. The maximum atomic E-state index is 11.9. The van der Waals surface area contributed by atoms with Gasteiger partial charge in [0.25, 0.3) is 0 Å². The molecule has 0 atom stereocenters. The maximum absolute atomic E-state index is 11.9. The number of rotatable bonds is 9. The van der Waals surface area contributed by atoms with Crippen LogP contribution in [0.1, 0.15) is 12.0 Å². The molecule has 146 valence electrons. The second kappa shape index (κ2) is 11.1. The first-order valence-corrected chi connectivity index (χ1v) is 9.39. The van der Waals surface area contributed by atoms with Crippen LogP contribution in [0.2, 0.25) is 0 Å². The Kier molecular flexibility index (Phi) is 8.47. The van der Waals surface area contributed by atoms with Crippen LogP contribution in [0.15, 0.2) is 60.2 Å². The van der Waals surface area contributed by atoms with E-state index in [9.17, 15) is 9.59 Å². The molecule has 0 spiro atoms. The van der Waals surface area contributed by atoms with Crippen LogP contribution in [0.3, 0.4) is 0 Å². The normalized spacial score (nSPS) is 10.4. The number of nitrogens with one attached hydrogen (secondary N) is 2. The van der Waals surface area contributed by atoms with Crippen LogP contribution in [0.5, 0.6) is 11.5 Å². The number of benzene rings is 2. The Bertz CT molecular complexity index is 869. The van der Waals surface area contributed by atoms with Gasteiger partial charge in [0.05, 0.1) is 16.9 Å². The monoisotopic (exact) mass is 493 g/mol. The van der Waals surface area contributed by atoms with Gasteiger partial charge in [0, 0.05) is 5.69 Å². The van der Waals surface area contributed by atoms with Gasteiger partial charge in [-0.15, -0.1) is 0 Å². The third-order valence-electron chi connectivity index (χ3n) is 3.38. The first-order chi connectivity index (χ1) is 13.5. The number of halogens is 1. The van der Waals surface area contributed by atoms with Crippen molar-refractivity contribution < 1.29 is 19.1 Å². The number of para-hydroxylation sites is 1. The molecule has 0 unspecified atom stereocenters. The lowest BCUT2D eigenvalue weighted by molar-refractivity contribution is -0.126. The number of carbonyl (C=O) groups excluding carboxylic acids is 2. The molecule has 0 aliphatic carbocycles. The molecule has 0 saturated heterocycles. The van der Waals surface area contributed by atoms with Gasteiger partial charge in [-0.2, -0.15) is 5.10 Å². The number of ether oxygens (including phenoxy) is 2. The molecular weight excluding hydrogens is 473 g/mol. The van der Waals surface area contributed by atoms with E-state index in [1.165, 1.54) is 6.21 Å². The van der Waals surface area contributed by atoms with Gasteiger partial charge in [-0.1, -0.05) is 30.9 Å². The standard InChI is InChI=1S/C20H20IN3O4/c1-3-9-28-20-16(21)10-14(11-17(20)27-2)13-22-24-19(26)12-18(25)23-15-7-5-4-6-8-15/h3-8,10-11,13H,1,9,12H2,2H3,(H,23,25)(H,24,26). The minimum atomic E-state index is -0.516. The molecule has 28 heavy (non-hydrogen) atoms. The SMILES string of the molecule is C=CCOc1c(I)cc(C=NNC(=O)CC(=O)Nc2ccccc2)cc1OC. The van der Waals surface area contributed by atoms with Crippen molar-refractivity contribution in [3.05, 3.63) is 64.3 Å². The predicted octanol–water partition coefficient (Wildman–Crippen LogP) is 3.34. The van der Waals surface area contributed by atoms with Crippen LogP contribution in [-0.4, -0.2) is 31.7 Å². The highest BCUT2D eigenvalue weighted by molar-refractivity contribution is 14.1. The highest BCUT2D eigenvalue weighted by Crippen LogP contribution is 2.33. The lowest BCUT2D eigenvalue weighted by Crippen LogP contribution is -2.24. The molecule has 0 bridgehead atoms. The van der Waals surface area contributed by atoms with E-state index in [4.69, 9.17) is 9.47 Å². The van der Waals surface area contributed by atoms with E-state index in [1.807, 2.05) is 12.1 Å². The Balaban J connectivity index is 1.92. The second-order valence-electron chi connectivity index (χ2n) is 5.52. The van der Waals surface area contributed by atoms with E-state index in [0.29, 0.717) is 29.4 Å². The van der Waals surface area contributed by atoms with Crippen molar-refractivity contribution in [3.8, 4) is 11.5 Å². The van der Waals surface area contributed by atoms with Gasteiger partial charge in [0.15, 0.2) is 11.5 Å². The zero-order valence-corrected chi connectivity index (χ0v) is 17.4. The van der Waals surface area contributed by atoms with Gasteiger partial charge < -0.3 is 14.8 Å². The number of anilines is 1. The van der Waals surface area contributed by atoms with E-state index in [1.54, 1.807) is 43.5 Å². The summed E-state index contributed by atoms with van der Waals surface area (Å²) in [6.45, 7) is 3.98. The fraction of sp³-hybridized carbons (Fsp3) is 0.150. The smallest absolute Gasteiger partial charge is 0.249 e. The molecule has 7 nitrogen and oxygen atoms in total. The summed E-state index contributed by atoms with van der Waals surface area (Å²) in [4.78, 5) is 23.7. The number of hydrazone groups is 1. The minimum Gasteiger partial charge on any atom is -0.493 e. The molecule has 0 aliphatic heterocycles. The topological polar surface area (TPSA) is 89.0 Å². The molecule has 2 amide bonds. The molecule has 0 aliphatic rings. The molecule has 0 saturated carbocycles. The van der Waals surface area contributed by atoms with Crippen molar-refractivity contribution in [2.45, 2.75) is 6.42 Å². The maximum Gasteiger partial charge on any atom is 0.249 e. The van der Waals surface area contributed by atoms with Crippen LogP contribution in [0.4, 0.5) is 5.69 Å². The van der Waals surface area contributed by atoms with E-state index < -0.39 is 11.8 Å². The van der Waals surface area contributed by atoms with Crippen LogP contribution >= 0.6 is 22.6 Å². The molecule has 8 heteroatoms. The van der Waals surface area contributed by atoms with Gasteiger partial charge in [0.1, 0.15) is 13.0 Å². The molecule has 0 radical (unpaired) electrons. The van der Waals surface area contributed by atoms with Gasteiger partial charge in [-0.3, -0.25) is 9.59 Å². The number of hydrogen-bond donors (Lipinski definition) is 2. The summed E-state index contributed by atoms with van der Waals surface area (Å²) in [6.07, 6.45) is 2.78. The summed E-state index contributed by atoms with van der Waals surface area (Å²) in [5, 5.41) is 6.53. The molecular formula is C20H20IN3O4. The first kappa shape index (κ1) is 21.4. The highest BCUT2D eigenvalue weighted by Gasteiger charge is 2.11. The van der Waals surface area contributed by atoms with Crippen molar-refractivity contribution in [3.63, 3.8) is 0 Å². The second-order valence-corrected chi connectivity index (χ2v) is 6.68. The Morgan fingerprint density at radius 1 is 1.21 bits per heavy atom. The number of nitrogens with zero attached hydrogens (tertiary/aromatic N) is 1. The molecule has 0 heterocycles. The van der Waals surface area contributed by atoms with E-state index in [0.717, 1.165) is 3.57 Å². The number of amides is 2. The molecule has 0 fully saturated rings. The molecule has 2 rings (SSSR count). The molecule has 2 aromatic rings. The van der Waals surface area contributed by atoms with Gasteiger partial charge in [0.2, 0.25) is 11.8 Å². The summed E-state index contributed by atoms with van der Waals surface area (Å²) >= 11 is 2.13. The Morgan fingerprint density at radius 3 is 2.64 bits per heavy atom. The largest absolute Gasteiger partial charge is 0.493 e. The van der Waals surface area contributed by atoms with Crippen LogP contribution in [0.25, 0.3) is 0 Å². The number of methoxy groups -OCH3 is 1. The van der Waals surface area contributed by atoms with Crippen LogP contribution in [-0.2, 0) is 9.59 Å². The highest BCUT2D eigenvalue weighted by atomic mass is 127. The van der Waals surface area contributed by atoms with E-state index in [-0.39, 0.29) is 6.42 Å².